The molecule has 76 valence electrons. The van der Waals surface area contributed by atoms with Crippen LogP contribution in [0.5, 0.6) is 0 Å². The Morgan fingerprint density at radius 2 is 2.20 bits per heavy atom. The summed E-state index contributed by atoms with van der Waals surface area (Å²) in [6.45, 7) is 0. The quantitative estimate of drug-likeness (QED) is 0.904. The van der Waals surface area contributed by atoms with Crippen molar-refractivity contribution in [2.75, 3.05) is 0 Å². The first kappa shape index (κ1) is 9.85. The lowest BCUT2D eigenvalue weighted by Gasteiger charge is -1.96. The highest BCUT2D eigenvalue weighted by molar-refractivity contribution is 9.10. The van der Waals surface area contributed by atoms with Crippen LogP contribution >= 0.6 is 15.9 Å². The summed E-state index contributed by atoms with van der Waals surface area (Å²) in [6, 6.07) is 4.67. The molecule has 0 bridgehead atoms. The number of rotatable bonds is 2. The van der Waals surface area contributed by atoms with Crippen LogP contribution in [-0.4, -0.2) is 21.0 Å². The van der Waals surface area contributed by atoms with Gasteiger partial charge in [-0.25, -0.2) is 14.8 Å². The molecule has 0 unspecified atom stereocenters. The normalized spacial score (nSPS) is 10.2. The number of carboxylic acids is 1. The molecular formula is C9H5BrN2O3. The average Bonchev–Trinajstić information content (AvgIpc) is 2.65. The molecule has 6 heteroatoms. The van der Waals surface area contributed by atoms with Crippen LogP contribution in [0.4, 0.5) is 0 Å². The number of furan rings is 1. The Morgan fingerprint density at radius 1 is 1.40 bits per heavy atom. The average molecular weight is 269 g/mol. The topological polar surface area (TPSA) is 76.2 Å². The van der Waals surface area contributed by atoms with Crippen molar-refractivity contribution < 1.29 is 14.3 Å². The summed E-state index contributed by atoms with van der Waals surface area (Å²) in [4.78, 5) is 18.4. The van der Waals surface area contributed by atoms with Crippen LogP contribution in [0.3, 0.4) is 0 Å². The van der Waals surface area contributed by atoms with Crippen LogP contribution in [0.2, 0.25) is 0 Å². The van der Waals surface area contributed by atoms with E-state index in [-0.39, 0.29) is 11.5 Å². The first-order valence-corrected chi connectivity index (χ1v) is 4.78. The lowest BCUT2D eigenvalue weighted by molar-refractivity contribution is 0.0690. The van der Waals surface area contributed by atoms with Crippen LogP contribution in [0, 0.1) is 0 Å². The number of aromatic carboxylic acids is 1. The minimum absolute atomic E-state index is 0.0625. The Morgan fingerprint density at radius 3 is 2.80 bits per heavy atom. The highest BCUT2D eigenvalue weighted by Gasteiger charge is 2.10. The second-order valence-electron chi connectivity index (χ2n) is 2.67. The number of aromatic nitrogens is 2. The van der Waals surface area contributed by atoms with E-state index in [9.17, 15) is 4.79 Å². The van der Waals surface area contributed by atoms with Gasteiger partial charge in [-0.05, 0) is 34.1 Å². The SMILES string of the molecule is O=C(O)c1ccnc(-c2ccc(Br)o2)n1. The predicted molar refractivity (Wildman–Crippen MR) is 54.4 cm³/mol. The fraction of sp³-hybridized carbons (Fsp3) is 0. The highest BCUT2D eigenvalue weighted by Crippen LogP contribution is 2.21. The molecule has 0 fully saturated rings. The van der Waals surface area contributed by atoms with Gasteiger partial charge in [0.15, 0.2) is 21.9 Å². The van der Waals surface area contributed by atoms with E-state index < -0.39 is 5.97 Å². The smallest absolute Gasteiger partial charge is 0.354 e. The molecule has 0 saturated carbocycles. The highest BCUT2D eigenvalue weighted by atomic mass is 79.9. The summed E-state index contributed by atoms with van der Waals surface area (Å²) in [5, 5.41) is 8.73. The standard InChI is InChI=1S/C9H5BrN2O3/c10-7-2-1-6(15-7)8-11-4-3-5(12-8)9(13)14/h1-4H,(H,13,14). The summed E-state index contributed by atoms with van der Waals surface area (Å²) < 4.78 is 5.75. The fourth-order valence-corrected chi connectivity index (χ4v) is 1.34. The molecule has 0 amide bonds. The third kappa shape index (κ3) is 2.04. The van der Waals surface area contributed by atoms with Crippen molar-refractivity contribution in [3.05, 3.63) is 34.8 Å². The zero-order valence-corrected chi connectivity index (χ0v) is 8.93. The van der Waals surface area contributed by atoms with Gasteiger partial charge in [-0.2, -0.15) is 0 Å². The van der Waals surface area contributed by atoms with E-state index in [4.69, 9.17) is 9.52 Å². The van der Waals surface area contributed by atoms with Gasteiger partial charge >= 0.3 is 5.97 Å². The minimum atomic E-state index is -1.09. The van der Waals surface area contributed by atoms with E-state index >= 15 is 0 Å². The molecule has 0 radical (unpaired) electrons. The third-order valence-electron chi connectivity index (χ3n) is 1.67. The molecule has 15 heavy (non-hydrogen) atoms. The monoisotopic (exact) mass is 268 g/mol. The molecule has 0 spiro atoms. The van der Waals surface area contributed by atoms with E-state index in [1.807, 2.05) is 0 Å². The van der Waals surface area contributed by atoms with E-state index in [1.165, 1.54) is 12.3 Å². The molecular weight excluding hydrogens is 264 g/mol. The molecule has 2 aromatic rings. The number of hydrogen-bond donors (Lipinski definition) is 1. The maximum Gasteiger partial charge on any atom is 0.354 e. The first-order valence-electron chi connectivity index (χ1n) is 3.99. The van der Waals surface area contributed by atoms with Gasteiger partial charge in [0.05, 0.1) is 0 Å². The Balaban J connectivity index is 2.45. The van der Waals surface area contributed by atoms with Crippen LogP contribution in [0.1, 0.15) is 10.5 Å². The molecule has 0 aliphatic rings. The second kappa shape index (κ2) is 3.82. The molecule has 0 saturated heterocycles. The van der Waals surface area contributed by atoms with Crippen molar-refractivity contribution in [3.63, 3.8) is 0 Å². The number of halogens is 1. The Hall–Kier alpha value is -1.69. The van der Waals surface area contributed by atoms with Crippen LogP contribution in [-0.2, 0) is 0 Å². The number of nitrogens with zero attached hydrogens (tertiary/aromatic N) is 2. The van der Waals surface area contributed by atoms with Crippen LogP contribution < -0.4 is 0 Å². The van der Waals surface area contributed by atoms with Crippen LogP contribution in [0.25, 0.3) is 11.6 Å². The van der Waals surface area contributed by atoms with Crippen molar-refractivity contribution in [2.45, 2.75) is 0 Å². The molecule has 0 aliphatic carbocycles. The predicted octanol–water partition coefficient (Wildman–Crippen LogP) is 2.20. The maximum absolute atomic E-state index is 10.7. The lowest BCUT2D eigenvalue weighted by atomic mass is 10.3. The summed E-state index contributed by atoms with van der Waals surface area (Å²) in [5.41, 5.74) is -0.0625. The zero-order chi connectivity index (χ0) is 10.8. The number of hydrogen-bond acceptors (Lipinski definition) is 4. The molecule has 2 aromatic heterocycles. The Bertz CT molecular complexity index is 510. The zero-order valence-electron chi connectivity index (χ0n) is 7.35. The second-order valence-corrected chi connectivity index (χ2v) is 3.46. The van der Waals surface area contributed by atoms with Crippen molar-refractivity contribution in [1.82, 2.24) is 9.97 Å². The molecule has 0 aliphatic heterocycles. The van der Waals surface area contributed by atoms with E-state index in [0.717, 1.165) is 0 Å². The van der Waals surface area contributed by atoms with Gasteiger partial charge in [-0.1, -0.05) is 0 Å². The van der Waals surface area contributed by atoms with E-state index in [1.54, 1.807) is 12.1 Å². The number of carbonyl (C=O) groups is 1. The minimum Gasteiger partial charge on any atom is -0.477 e. The van der Waals surface area contributed by atoms with Gasteiger partial charge in [-0.3, -0.25) is 0 Å². The van der Waals surface area contributed by atoms with E-state index in [2.05, 4.69) is 25.9 Å². The van der Waals surface area contributed by atoms with Crippen molar-refractivity contribution in [2.24, 2.45) is 0 Å². The molecule has 0 atom stereocenters. The van der Waals surface area contributed by atoms with Crippen molar-refractivity contribution >= 4 is 21.9 Å². The van der Waals surface area contributed by atoms with Crippen LogP contribution in [0.15, 0.2) is 33.5 Å². The summed E-state index contributed by atoms with van der Waals surface area (Å²) in [5.74, 6) is -0.421. The molecule has 2 heterocycles. The largest absolute Gasteiger partial charge is 0.477 e. The lowest BCUT2D eigenvalue weighted by Crippen LogP contribution is -2.01. The molecule has 0 aromatic carbocycles. The molecule has 5 nitrogen and oxygen atoms in total. The maximum atomic E-state index is 10.7. The van der Waals surface area contributed by atoms with Gasteiger partial charge in [-0.15, -0.1) is 0 Å². The number of carboxylic acid groups (broad SMARTS) is 1. The van der Waals surface area contributed by atoms with Gasteiger partial charge in [0.2, 0.25) is 0 Å². The summed E-state index contributed by atoms with van der Waals surface area (Å²) >= 11 is 3.14. The van der Waals surface area contributed by atoms with Gasteiger partial charge < -0.3 is 9.52 Å². The summed E-state index contributed by atoms with van der Waals surface area (Å²) in [6.07, 6.45) is 1.38. The van der Waals surface area contributed by atoms with Crippen molar-refractivity contribution in [3.8, 4) is 11.6 Å². The Kier molecular flexibility index (Phi) is 2.51. The molecule has 2 rings (SSSR count). The van der Waals surface area contributed by atoms with Gasteiger partial charge in [0, 0.05) is 6.20 Å². The van der Waals surface area contributed by atoms with Gasteiger partial charge in [0.25, 0.3) is 0 Å². The first-order chi connectivity index (χ1) is 7.16. The fourth-order valence-electron chi connectivity index (χ4n) is 1.03. The summed E-state index contributed by atoms with van der Waals surface area (Å²) in [7, 11) is 0. The molecule has 1 N–H and O–H groups in total. The van der Waals surface area contributed by atoms with E-state index in [0.29, 0.717) is 10.4 Å². The third-order valence-corrected chi connectivity index (χ3v) is 2.09. The van der Waals surface area contributed by atoms with Gasteiger partial charge in [0.1, 0.15) is 0 Å². The van der Waals surface area contributed by atoms with Crippen molar-refractivity contribution in [1.29, 1.82) is 0 Å². The Labute approximate surface area is 92.9 Å².